The van der Waals surface area contributed by atoms with Crippen molar-refractivity contribution >= 4 is 11.4 Å². The first-order valence-electron chi connectivity index (χ1n) is 8.77. The number of rotatable bonds is 5. The van der Waals surface area contributed by atoms with Crippen LogP contribution in [0.15, 0.2) is 66.7 Å². The minimum atomic E-state index is -4.82. The summed E-state index contributed by atoms with van der Waals surface area (Å²) >= 11 is 0. The highest BCUT2D eigenvalue weighted by atomic mass is 19.4. The monoisotopic (exact) mass is 442 g/mol. The van der Waals surface area contributed by atoms with Crippen LogP contribution in [0.2, 0.25) is 0 Å². The Hall–Kier alpha value is -3.56. The number of nitrogen functional groups attached to an aromatic ring is 2. The van der Waals surface area contributed by atoms with E-state index in [-0.39, 0.29) is 16.9 Å². The molecule has 4 nitrogen and oxygen atoms in total. The molecular formula is C21H16F6N2O2. The highest BCUT2D eigenvalue weighted by molar-refractivity contribution is 5.50. The normalized spacial score (nSPS) is 12.1. The molecule has 0 radical (unpaired) electrons. The minimum Gasteiger partial charge on any atom is -0.450 e. The smallest absolute Gasteiger partial charge is 0.420 e. The molecule has 0 aliphatic rings. The van der Waals surface area contributed by atoms with Gasteiger partial charge in [-0.15, -0.1) is 0 Å². The van der Waals surface area contributed by atoms with Crippen molar-refractivity contribution in [2.24, 2.45) is 0 Å². The third-order valence-corrected chi connectivity index (χ3v) is 4.16. The molecule has 10 heteroatoms. The van der Waals surface area contributed by atoms with Crippen LogP contribution in [0.5, 0.6) is 11.5 Å². The average molecular weight is 442 g/mol. The van der Waals surface area contributed by atoms with Gasteiger partial charge in [0.1, 0.15) is 11.5 Å². The zero-order chi connectivity index (χ0) is 22.8. The summed E-state index contributed by atoms with van der Waals surface area (Å²) < 4.78 is 91.4. The molecule has 4 N–H and O–H groups in total. The third kappa shape index (κ3) is 5.33. The van der Waals surface area contributed by atoms with Gasteiger partial charge in [0.25, 0.3) is 6.29 Å². The molecule has 31 heavy (non-hydrogen) atoms. The molecule has 0 spiro atoms. The Bertz CT molecular complexity index is 986. The summed E-state index contributed by atoms with van der Waals surface area (Å²) in [5.41, 5.74) is 8.39. The number of hydrogen-bond acceptors (Lipinski definition) is 4. The van der Waals surface area contributed by atoms with Crippen molar-refractivity contribution in [2.45, 2.75) is 18.6 Å². The fraction of sp³-hybridized carbons (Fsp3) is 0.143. The number of nitrogens with two attached hydrogens (primary N) is 2. The van der Waals surface area contributed by atoms with Crippen LogP contribution in [-0.4, -0.2) is 0 Å². The Morgan fingerprint density at radius 2 is 1.03 bits per heavy atom. The van der Waals surface area contributed by atoms with Gasteiger partial charge in [-0.3, -0.25) is 0 Å². The summed E-state index contributed by atoms with van der Waals surface area (Å²) in [5.74, 6) is -1.31. The Morgan fingerprint density at radius 1 is 0.613 bits per heavy atom. The molecule has 0 aromatic heterocycles. The molecule has 0 aliphatic carbocycles. The Kier molecular flexibility index (Phi) is 5.92. The van der Waals surface area contributed by atoms with Gasteiger partial charge in [-0.05, 0) is 36.4 Å². The quantitative estimate of drug-likeness (QED) is 0.287. The van der Waals surface area contributed by atoms with Crippen molar-refractivity contribution in [3.63, 3.8) is 0 Å². The van der Waals surface area contributed by atoms with Crippen molar-refractivity contribution < 1.29 is 35.8 Å². The van der Waals surface area contributed by atoms with Gasteiger partial charge < -0.3 is 20.9 Å². The molecule has 0 heterocycles. The van der Waals surface area contributed by atoms with E-state index in [1.54, 1.807) is 6.07 Å². The molecule has 0 amide bonds. The van der Waals surface area contributed by atoms with Crippen LogP contribution in [0.4, 0.5) is 37.7 Å². The number of alkyl halides is 6. The highest BCUT2D eigenvalue weighted by Crippen LogP contribution is 2.42. The van der Waals surface area contributed by atoms with Crippen molar-refractivity contribution in [1.29, 1.82) is 0 Å². The van der Waals surface area contributed by atoms with Crippen LogP contribution in [0.1, 0.15) is 23.0 Å². The van der Waals surface area contributed by atoms with Gasteiger partial charge in [0, 0.05) is 16.9 Å². The first-order chi connectivity index (χ1) is 14.4. The molecule has 0 saturated heterocycles. The van der Waals surface area contributed by atoms with E-state index >= 15 is 0 Å². The number of halogens is 6. The van der Waals surface area contributed by atoms with Gasteiger partial charge in [-0.2, -0.15) is 26.3 Å². The van der Waals surface area contributed by atoms with E-state index in [1.807, 2.05) is 0 Å². The first kappa shape index (κ1) is 22.1. The molecule has 3 aromatic rings. The second-order valence-electron chi connectivity index (χ2n) is 6.49. The molecule has 0 saturated carbocycles. The van der Waals surface area contributed by atoms with Gasteiger partial charge in [0.15, 0.2) is 0 Å². The molecular weight excluding hydrogens is 426 g/mol. The minimum absolute atomic E-state index is 0.158. The van der Waals surface area contributed by atoms with Crippen molar-refractivity contribution in [3.05, 3.63) is 83.4 Å². The van der Waals surface area contributed by atoms with Crippen LogP contribution >= 0.6 is 0 Å². The number of hydrogen-bond donors (Lipinski definition) is 2. The molecule has 3 rings (SSSR count). The fourth-order valence-corrected chi connectivity index (χ4v) is 2.74. The lowest BCUT2D eigenvalue weighted by molar-refractivity contribution is -0.142. The molecule has 0 aliphatic heterocycles. The van der Waals surface area contributed by atoms with E-state index in [0.29, 0.717) is 12.1 Å². The SMILES string of the molecule is Nc1ccc(OC(Oc2ccc(N)cc2C(F)(F)F)c2ccccc2)c(C(F)(F)F)c1. The Balaban J connectivity index is 2.06. The molecule has 0 fully saturated rings. The number of anilines is 2. The predicted octanol–water partition coefficient (Wildman–Crippen LogP) is 6.05. The third-order valence-electron chi connectivity index (χ3n) is 4.16. The molecule has 0 unspecified atom stereocenters. The van der Waals surface area contributed by atoms with E-state index in [2.05, 4.69) is 0 Å². The van der Waals surface area contributed by atoms with E-state index in [0.717, 1.165) is 12.1 Å². The van der Waals surface area contributed by atoms with Crippen LogP contribution in [-0.2, 0) is 12.4 Å². The zero-order valence-corrected chi connectivity index (χ0v) is 15.7. The number of benzene rings is 3. The van der Waals surface area contributed by atoms with Crippen molar-refractivity contribution in [2.75, 3.05) is 11.5 Å². The summed E-state index contributed by atoms with van der Waals surface area (Å²) in [6, 6.07) is 13.2. The Labute approximate surface area is 173 Å². The highest BCUT2D eigenvalue weighted by Gasteiger charge is 2.37. The molecule has 0 bridgehead atoms. The second kappa shape index (κ2) is 8.29. The Morgan fingerprint density at radius 3 is 1.42 bits per heavy atom. The van der Waals surface area contributed by atoms with Gasteiger partial charge in [-0.1, -0.05) is 30.3 Å². The molecule has 0 atom stereocenters. The maximum absolute atomic E-state index is 13.4. The molecule has 164 valence electrons. The summed E-state index contributed by atoms with van der Waals surface area (Å²) in [5, 5.41) is 0. The van der Waals surface area contributed by atoms with Crippen LogP contribution < -0.4 is 20.9 Å². The maximum Gasteiger partial charge on any atom is 0.420 e. The van der Waals surface area contributed by atoms with Gasteiger partial charge in [-0.25, -0.2) is 0 Å². The lowest BCUT2D eigenvalue weighted by atomic mass is 10.1. The lowest BCUT2D eigenvalue weighted by Gasteiger charge is -2.24. The number of ether oxygens (including phenoxy) is 2. The summed E-state index contributed by atoms with van der Waals surface area (Å²) in [6.07, 6.45) is -11.3. The van der Waals surface area contributed by atoms with E-state index in [4.69, 9.17) is 20.9 Å². The van der Waals surface area contributed by atoms with E-state index < -0.39 is 41.3 Å². The summed E-state index contributed by atoms with van der Waals surface area (Å²) in [4.78, 5) is 0. The topological polar surface area (TPSA) is 70.5 Å². The summed E-state index contributed by atoms with van der Waals surface area (Å²) in [6.45, 7) is 0. The van der Waals surface area contributed by atoms with Crippen LogP contribution in [0.25, 0.3) is 0 Å². The largest absolute Gasteiger partial charge is 0.450 e. The van der Waals surface area contributed by atoms with Gasteiger partial charge in [0.05, 0.1) is 11.1 Å². The van der Waals surface area contributed by atoms with Crippen LogP contribution in [0, 0.1) is 0 Å². The second-order valence-corrected chi connectivity index (χ2v) is 6.49. The first-order valence-corrected chi connectivity index (χ1v) is 8.77. The van der Waals surface area contributed by atoms with Crippen molar-refractivity contribution in [3.8, 4) is 11.5 Å². The van der Waals surface area contributed by atoms with E-state index in [9.17, 15) is 26.3 Å². The van der Waals surface area contributed by atoms with E-state index in [1.165, 1.54) is 36.4 Å². The van der Waals surface area contributed by atoms with Gasteiger partial charge in [0.2, 0.25) is 0 Å². The lowest BCUT2D eigenvalue weighted by Crippen LogP contribution is -2.19. The van der Waals surface area contributed by atoms with Gasteiger partial charge >= 0.3 is 12.4 Å². The fourth-order valence-electron chi connectivity index (χ4n) is 2.74. The summed E-state index contributed by atoms with van der Waals surface area (Å²) in [7, 11) is 0. The predicted molar refractivity (Wildman–Crippen MR) is 102 cm³/mol. The molecule has 3 aromatic carbocycles. The average Bonchev–Trinajstić information content (AvgIpc) is 2.69. The van der Waals surface area contributed by atoms with Crippen molar-refractivity contribution in [1.82, 2.24) is 0 Å². The van der Waals surface area contributed by atoms with Crippen LogP contribution in [0.3, 0.4) is 0 Å². The zero-order valence-electron chi connectivity index (χ0n) is 15.7. The standard InChI is InChI=1S/C21H16F6N2O2/c22-20(23,24)15-10-13(28)6-8-17(15)30-19(12-4-2-1-3-5-12)31-18-9-7-14(29)11-16(18)21(25,26)27/h1-11,19H,28-29H2. The maximum atomic E-state index is 13.4.